The molecule has 180 valence electrons. The summed E-state index contributed by atoms with van der Waals surface area (Å²) in [4.78, 5) is 12.5. The van der Waals surface area contributed by atoms with Gasteiger partial charge in [0.25, 0.3) is 5.91 Å². The maximum atomic E-state index is 12.6. The Labute approximate surface area is 202 Å². The van der Waals surface area contributed by atoms with E-state index in [1.165, 1.54) is 29.8 Å². The first-order chi connectivity index (χ1) is 16.8. The quantitative estimate of drug-likeness (QED) is 0.281. The third-order valence-electron chi connectivity index (χ3n) is 5.69. The standard InChI is InChI=1S/C28H25F2NO4/c1-28(2,19-8-4-3-5-9-19)20-12-14-21(15-13-20)33-18-22-16-17-25(34-22)26(32)31-23-10-6-7-11-24(23)35-27(29)30/h3-17,27H,18H2,1-2H3,(H,31,32). The molecule has 35 heavy (non-hydrogen) atoms. The Morgan fingerprint density at radius 3 is 2.26 bits per heavy atom. The minimum Gasteiger partial charge on any atom is -0.486 e. The Hall–Kier alpha value is -4.13. The summed E-state index contributed by atoms with van der Waals surface area (Å²) in [6.45, 7) is 1.47. The molecule has 0 atom stereocenters. The first kappa shape index (κ1) is 24.0. The largest absolute Gasteiger partial charge is 0.486 e. The number of rotatable bonds is 9. The number of nitrogens with one attached hydrogen (secondary N) is 1. The number of alkyl halides is 2. The van der Waals surface area contributed by atoms with Crippen LogP contribution in [0.25, 0.3) is 0 Å². The van der Waals surface area contributed by atoms with E-state index < -0.39 is 12.5 Å². The van der Waals surface area contributed by atoms with Gasteiger partial charge in [-0.3, -0.25) is 4.79 Å². The second kappa shape index (κ2) is 10.4. The van der Waals surface area contributed by atoms with Crippen LogP contribution in [0.5, 0.6) is 11.5 Å². The van der Waals surface area contributed by atoms with Crippen LogP contribution < -0.4 is 14.8 Å². The number of para-hydroxylation sites is 2. The maximum absolute atomic E-state index is 12.6. The number of carbonyl (C=O) groups is 1. The summed E-state index contributed by atoms with van der Waals surface area (Å²) >= 11 is 0. The molecule has 0 saturated heterocycles. The molecule has 4 rings (SSSR count). The third-order valence-corrected chi connectivity index (χ3v) is 5.69. The van der Waals surface area contributed by atoms with Crippen LogP contribution in [0, 0.1) is 0 Å². The van der Waals surface area contributed by atoms with Crippen molar-refractivity contribution in [3.63, 3.8) is 0 Å². The molecule has 0 aliphatic carbocycles. The molecule has 0 fully saturated rings. The van der Waals surface area contributed by atoms with Crippen LogP contribution in [0.4, 0.5) is 14.5 Å². The number of hydrogen-bond acceptors (Lipinski definition) is 4. The monoisotopic (exact) mass is 477 g/mol. The van der Waals surface area contributed by atoms with E-state index in [0.717, 1.165) is 5.56 Å². The predicted octanol–water partition coefficient (Wildman–Crippen LogP) is 7.04. The Kier molecular flexibility index (Phi) is 7.15. The van der Waals surface area contributed by atoms with Gasteiger partial charge in [-0.15, -0.1) is 0 Å². The molecule has 4 aromatic rings. The number of anilines is 1. The van der Waals surface area contributed by atoms with Gasteiger partial charge < -0.3 is 19.2 Å². The summed E-state index contributed by atoms with van der Waals surface area (Å²) in [6, 6.07) is 27.2. The normalized spacial score (nSPS) is 11.3. The minimum atomic E-state index is -3.00. The van der Waals surface area contributed by atoms with Crippen molar-refractivity contribution in [2.24, 2.45) is 0 Å². The van der Waals surface area contributed by atoms with Crippen LogP contribution in [-0.4, -0.2) is 12.5 Å². The van der Waals surface area contributed by atoms with E-state index in [1.807, 2.05) is 42.5 Å². The zero-order valence-electron chi connectivity index (χ0n) is 19.3. The molecule has 0 aliphatic rings. The number of furan rings is 1. The number of hydrogen-bond donors (Lipinski definition) is 1. The van der Waals surface area contributed by atoms with Crippen molar-refractivity contribution >= 4 is 11.6 Å². The van der Waals surface area contributed by atoms with E-state index in [9.17, 15) is 13.6 Å². The molecule has 0 aliphatic heterocycles. The summed E-state index contributed by atoms with van der Waals surface area (Å²) in [5.74, 6) is 0.411. The number of benzene rings is 3. The van der Waals surface area contributed by atoms with Gasteiger partial charge >= 0.3 is 6.61 Å². The molecule has 7 heteroatoms. The Morgan fingerprint density at radius 2 is 1.54 bits per heavy atom. The molecule has 0 bridgehead atoms. The molecule has 0 unspecified atom stereocenters. The van der Waals surface area contributed by atoms with Crippen molar-refractivity contribution in [3.05, 3.63) is 114 Å². The Bertz CT molecular complexity index is 1270. The van der Waals surface area contributed by atoms with Crippen LogP contribution in [0.15, 0.2) is 95.4 Å². The predicted molar refractivity (Wildman–Crippen MR) is 129 cm³/mol. The van der Waals surface area contributed by atoms with Crippen molar-refractivity contribution in [2.75, 3.05) is 5.32 Å². The molecule has 1 aromatic heterocycles. The third kappa shape index (κ3) is 5.87. The van der Waals surface area contributed by atoms with Crippen LogP contribution in [0.2, 0.25) is 0 Å². The van der Waals surface area contributed by atoms with Gasteiger partial charge in [0.15, 0.2) is 5.76 Å². The van der Waals surface area contributed by atoms with Crippen LogP contribution in [0.3, 0.4) is 0 Å². The van der Waals surface area contributed by atoms with Gasteiger partial charge in [-0.05, 0) is 47.5 Å². The first-order valence-corrected chi connectivity index (χ1v) is 11.1. The van der Waals surface area contributed by atoms with E-state index in [4.69, 9.17) is 9.15 Å². The Morgan fingerprint density at radius 1 is 0.886 bits per heavy atom. The molecule has 0 radical (unpaired) electrons. The van der Waals surface area contributed by atoms with E-state index in [2.05, 4.69) is 36.0 Å². The van der Waals surface area contributed by atoms with Gasteiger partial charge in [-0.25, -0.2) is 0 Å². The molecule has 1 amide bonds. The summed E-state index contributed by atoms with van der Waals surface area (Å²) in [7, 11) is 0. The van der Waals surface area contributed by atoms with E-state index >= 15 is 0 Å². The molecule has 0 spiro atoms. The lowest BCUT2D eigenvalue weighted by Crippen LogP contribution is -2.18. The molecule has 5 nitrogen and oxygen atoms in total. The molecular formula is C28H25F2NO4. The fraction of sp³-hybridized carbons (Fsp3) is 0.179. The maximum Gasteiger partial charge on any atom is 0.387 e. The summed E-state index contributed by atoms with van der Waals surface area (Å²) < 4.78 is 41.0. The number of halogens is 2. The topological polar surface area (TPSA) is 60.7 Å². The van der Waals surface area contributed by atoms with Gasteiger partial charge in [-0.1, -0.05) is 68.4 Å². The van der Waals surface area contributed by atoms with Crippen LogP contribution >= 0.6 is 0 Å². The average molecular weight is 478 g/mol. The SMILES string of the molecule is CC(C)(c1ccccc1)c1ccc(OCc2ccc(C(=O)Nc3ccccc3OC(F)F)o2)cc1. The lowest BCUT2D eigenvalue weighted by Gasteiger charge is -2.26. The fourth-order valence-corrected chi connectivity index (χ4v) is 3.67. The highest BCUT2D eigenvalue weighted by Gasteiger charge is 2.22. The zero-order chi connectivity index (χ0) is 24.8. The molecule has 0 saturated carbocycles. The van der Waals surface area contributed by atoms with Gasteiger partial charge in [0.05, 0.1) is 5.69 Å². The highest BCUT2D eigenvalue weighted by molar-refractivity contribution is 6.03. The van der Waals surface area contributed by atoms with Crippen molar-refractivity contribution < 1.29 is 27.5 Å². The average Bonchev–Trinajstić information content (AvgIpc) is 3.34. The lowest BCUT2D eigenvalue weighted by molar-refractivity contribution is -0.0493. The molecular weight excluding hydrogens is 452 g/mol. The highest BCUT2D eigenvalue weighted by Crippen LogP contribution is 2.32. The first-order valence-electron chi connectivity index (χ1n) is 11.1. The van der Waals surface area contributed by atoms with Gasteiger partial charge in [0, 0.05) is 5.41 Å². The second-order valence-electron chi connectivity index (χ2n) is 8.40. The Balaban J connectivity index is 1.36. The van der Waals surface area contributed by atoms with Crippen molar-refractivity contribution in [2.45, 2.75) is 32.5 Å². The van der Waals surface area contributed by atoms with E-state index in [0.29, 0.717) is 11.5 Å². The minimum absolute atomic E-state index is 0.0235. The molecule has 3 aromatic carbocycles. The smallest absolute Gasteiger partial charge is 0.387 e. The zero-order valence-corrected chi connectivity index (χ0v) is 19.3. The fourth-order valence-electron chi connectivity index (χ4n) is 3.67. The summed E-state index contributed by atoms with van der Waals surface area (Å²) in [6.07, 6.45) is 0. The lowest BCUT2D eigenvalue weighted by atomic mass is 9.78. The second-order valence-corrected chi connectivity index (χ2v) is 8.40. The van der Waals surface area contributed by atoms with E-state index in [1.54, 1.807) is 12.1 Å². The number of amides is 1. The van der Waals surface area contributed by atoms with Crippen molar-refractivity contribution in [1.82, 2.24) is 0 Å². The van der Waals surface area contributed by atoms with E-state index in [-0.39, 0.29) is 29.2 Å². The molecule has 1 N–H and O–H groups in total. The van der Waals surface area contributed by atoms with Gasteiger partial charge in [0.2, 0.25) is 0 Å². The van der Waals surface area contributed by atoms with Crippen molar-refractivity contribution in [3.8, 4) is 11.5 Å². The number of ether oxygens (including phenoxy) is 2. The van der Waals surface area contributed by atoms with Gasteiger partial charge in [-0.2, -0.15) is 8.78 Å². The summed E-state index contributed by atoms with van der Waals surface area (Å²) in [5.41, 5.74) is 2.34. The summed E-state index contributed by atoms with van der Waals surface area (Å²) in [5, 5.41) is 2.52. The van der Waals surface area contributed by atoms with Crippen LogP contribution in [0.1, 0.15) is 41.3 Å². The van der Waals surface area contributed by atoms with Gasteiger partial charge in [0.1, 0.15) is 23.9 Å². The number of carbonyl (C=O) groups excluding carboxylic acids is 1. The van der Waals surface area contributed by atoms with Crippen LogP contribution in [-0.2, 0) is 12.0 Å². The highest BCUT2D eigenvalue weighted by atomic mass is 19.3. The van der Waals surface area contributed by atoms with Crippen molar-refractivity contribution in [1.29, 1.82) is 0 Å². The molecule has 1 heterocycles.